The number of fused-ring (bicyclic) bond motifs is 7. The van der Waals surface area contributed by atoms with E-state index in [0.717, 1.165) is 68.9 Å². The van der Waals surface area contributed by atoms with Crippen molar-refractivity contribution in [3.8, 4) is 5.69 Å². The predicted molar refractivity (Wildman–Crippen MR) is 265 cm³/mol. The van der Waals surface area contributed by atoms with Crippen LogP contribution in [0.2, 0.25) is 0 Å². The molecule has 0 unspecified atom stereocenters. The second kappa shape index (κ2) is 12.5. The van der Waals surface area contributed by atoms with Gasteiger partial charge in [-0.2, -0.15) is 0 Å². The third-order valence-electron chi connectivity index (χ3n) is 18.8. The molecule has 0 amide bonds. The van der Waals surface area contributed by atoms with E-state index in [0.29, 0.717) is 21.5 Å². The number of rotatable bonds is 3. The van der Waals surface area contributed by atoms with Crippen LogP contribution in [-0.2, 0) is 21.7 Å². The molecule has 0 aliphatic heterocycles. The molecule has 0 spiro atoms. The van der Waals surface area contributed by atoms with Crippen molar-refractivity contribution in [2.45, 2.75) is 140 Å². The molecule has 3 aromatic heterocycles. The Hall–Kier alpha value is -4.96. The molecular weight excluding hydrogens is 781 g/mol. The van der Waals surface area contributed by atoms with Crippen LogP contribution in [0.25, 0.3) is 65.6 Å². The monoisotopic (exact) mass is 842 g/mol. The molecule has 8 aliphatic carbocycles. The first-order chi connectivity index (χ1) is 30.6. The summed E-state index contributed by atoms with van der Waals surface area (Å²) < 4.78 is 4.91. The molecule has 8 saturated carbocycles. The minimum Gasteiger partial charge on any atom is -0.309 e. The summed E-state index contributed by atoms with van der Waals surface area (Å²) in [4.78, 5) is 31.0. The van der Waals surface area contributed by atoms with Crippen molar-refractivity contribution in [3.05, 3.63) is 128 Å². The second-order valence-corrected chi connectivity index (χ2v) is 25.0. The van der Waals surface area contributed by atoms with Crippen molar-refractivity contribution < 1.29 is 0 Å². The van der Waals surface area contributed by atoms with Gasteiger partial charge in [0.25, 0.3) is 0 Å². The molecule has 8 fully saturated rings. The van der Waals surface area contributed by atoms with Crippen LogP contribution in [-0.4, -0.2) is 8.97 Å². The van der Waals surface area contributed by atoms with Gasteiger partial charge in [-0.25, -0.2) is 0 Å². The van der Waals surface area contributed by atoms with Crippen LogP contribution in [0, 0.1) is 35.5 Å². The van der Waals surface area contributed by atoms with E-state index in [-0.39, 0.29) is 32.5 Å². The predicted octanol–water partition coefficient (Wildman–Crippen LogP) is 14.2. The normalized spacial score (nSPS) is 29.8. The Bertz CT molecular complexity index is 3180. The quantitative estimate of drug-likeness (QED) is 0.131. The van der Waals surface area contributed by atoms with E-state index in [4.69, 9.17) is 0 Å². The Morgan fingerprint density at radius 3 is 1.17 bits per heavy atom. The lowest BCUT2D eigenvalue weighted by atomic mass is 9.48. The number of aromatic nitrogens is 2. The van der Waals surface area contributed by atoms with E-state index in [2.05, 4.69) is 135 Å². The van der Waals surface area contributed by atoms with E-state index >= 15 is 9.59 Å². The van der Waals surface area contributed by atoms with Crippen LogP contribution >= 0.6 is 0 Å². The lowest BCUT2D eigenvalue weighted by molar-refractivity contribution is -0.00468. The van der Waals surface area contributed by atoms with E-state index in [1.165, 1.54) is 110 Å². The highest BCUT2D eigenvalue weighted by Gasteiger charge is 2.54. The molecule has 324 valence electrons. The van der Waals surface area contributed by atoms with Crippen molar-refractivity contribution in [2.24, 2.45) is 35.5 Å². The summed E-state index contributed by atoms with van der Waals surface area (Å²) >= 11 is 0. The summed E-state index contributed by atoms with van der Waals surface area (Å²) in [6, 6.07) is 31.9. The first kappa shape index (κ1) is 38.3. The van der Waals surface area contributed by atoms with Crippen molar-refractivity contribution >= 4 is 59.9 Å². The van der Waals surface area contributed by atoms with Crippen molar-refractivity contribution in [1.82, 2.24) is 8.97 Å². The summed E-state index contributed by atoms with van der Waals surface area (Å²) in [5.74, 6) is 4.87. The average Bonchev–Trinajstić information content (AvgIpc) is 3.59. The van der Waals surface area contributed by atoms with Crippen molar-refractivity contribution in [3.63, 3.8) is 0 Å². The number of benzene rings is 5. The van der Waals surface area contributed by atoms with Gasteiger partial charge in [0, 0.05) is 38.0 Å². The fourth-order valence-electron chi connectivity index (χ4n) is 16.9. The molecule has 3 heterocycles. The topological polar surface area (TPSA) is 43.5 Å². The summed E-state index contributed by atoms with van der Waals surface area (Å²) in [6.45, 7) is 13.3. The Morgan fingerprint density at radius 2 is 0.812 bits per heavy atom. The third-order valence-corrected chi connectivity index (χ3v) is 18.8. The molecule has 0 N–H and O–H groups in total. The fraction of sp³-hybridized carbons (Fsp3) is 0.467. The van der Waals surface area contributed by atoms with E-state index in [1.54, 1.807) is 0 Å². The Morgan fingerprint density at radius 1 is 0.438 bits per heavy atom. The van der Waals surface area contributed by atoms with Crippen LogP contribution in [0.15, 0.2) is 94.5 Å². The van der Waals surface area contributed by atoms with Gasteiger partial charge < -0.3 is 8.97 Å². The summed E-state index contributed by atoms with van der Waals surface area (Å²) in [6.07, 6.45) is 16.1. The smallest absolute Gasteiger partial charge is 0.197 e. The third kappa shape index (κ3) is 5.12. The maximum atomic E-state index is 15.5. The molecule has 4 nitrogen and oxygen atoms in total. The first-order valence-electron chi connectivity index (χ1n) is 25.1. The maximum absolute atomic E-state index is 15.5. The molecule has 0 atom stereocenters. The molecule has 0 saturated heterocycles. The Kier molecular flexibility index (Phi) is 7.47. The average molecular weight is 843 g/mol. The second-order valence-electron chi connectivity index (χ2n) is 25.0. The lowest BCUT2D eigenvalue weighted by Crippen LogP contribution is -2.48. The molecular formula is C60H62N2O2. The van der Waals surface area contributed by atoms with Gasteiger partial charge in [0.2, 0.25) is 0 Å². The van der Waals surface area contributed by atoms with Gasteiger partial charge in [0.15, 0.2) is 10.9 Å². The van der Waals surface area contributed by atoms with Gasteiger partial charge in [-0.05, 0) is 193 Å². The number of pyridine rings is 2. The molecule has 4 heteroatoms. The zero-order valence-electron chi connectivity index (χ0n) is 38.7. The molecule has 0 radical (unpaired) electrons. The van der Waals surface area contributed by atoms with Crippen LogP contribution in [0.5, 0.6) is 0 Å². The molecule has 8 aliphatic rings. The highest BCUT2D eigenvalue weighted by atomic mass is 16.1. The zero-order valence-corrected chi connectivity index (χ0v) is 38.7. The molecule has 5 aromatic carbocycles. The summed E-state index contributed by atoms with van der Waals surface area (Å²) in [7, 11) is 0. The van der Waals surface area contributed by atoms with Gasteiger partial charge in [-0.1, -0.05) is 90.1 Å². The van der Waals surface area contributed by atoms with Gasteiger partial charge in [-0.3, -0.25) is 9.59 Å². The number of nitrogens with zero attached hydrogens (tertiary/aromatic N) is 2. The van der Waals surface area contributed by atoms with E-state index in [1.807, 2.05) is 0 Å². The molecule has 8 bridgehead atoms. The van der Waals surface area contributed by atoms with Gasteiger partial charge in [0.05, 0.1) is 27.6 Å². The minimum atomic E-state index is -0.135. The SMILES string of the molecule is CC(C)(C)c1ccc2c(c1)c(=O)c1cc(-n3c4c(C56CC7CC(CC(C7)C5)C6)cccc4c4cccc(C56CC7CC(CC(C7)C5)C6)c43)cc3c(=O)c4cc(C(C)(C)C)ccc4n2c13. The van der Waals surface area contributed by atoms with Crippen LogP contribution in [0.4, 0.5) is 0 Å². The lowest BCUT2D eigenvalue weighted by Gasteiger charge is -2.57. The summed E-state index contributed by atoms with van der Waals surface area (Å²) in [5.41, 5.74) is 11.5. The van der Waals surface area contributed by atoms with Gasteiger partial charge >= 0.3 is 0 Å². The van der Waals surface area contributed by atoms with Crippen LogP contribution < -0.4 is 10.9 Å². The summed E-state index contributed by atoms with van der Waals surface area (Å²) in [5, 5.41) is 5.38. The number of hydrogen-bond acceptors (Lipinski definition) is 2. The molecule has 16 rings (SSSR count). The molecule has 64 heavy (non-hydrogen) atoms. The largest absolute Gasteiger partial charge is 0.309 e. The number of hydrogen-bond donors (Lipinski definition) is 0. The van der Waals surface area contributed by atoms with E-state index in [9.17, 15) is 0 Å². The van der Waals surface area contributed by atoms with E-state index < -0.39 is 0 Å². The maximum Gasteiger partial charge on any atom is 0.197 e. The van der Waals surface area contributed by atoms with Gasteiger partial charge in [0.1, 0.15) is 0 Å². The van der Waals surface area contributed by atoms with Crippen LogP contribution in [0.3, 0.4) is 0 Å². The minimum absolute atomic E-state index is 0.0152. The van der Waals surface area contributed by atoms with Gasteiger partial charge in [-0.15, -0.1) is 0 Å². The highest BCUT2D eigenvalue weighted by molar-refractivity contribution is 6.14. The Labute approximate surface area is 376 Å². The van der Waals surface area contributed by atoms with Crippen molar-refractivity contribution in [1.29, 1.82) is 0 Å². The fourth-order valence-corrected chi connectivity index (χ4v) is 16.9. The van der Waals surface area contributed by atoms with Crippen molar-refractivity contribution in [2.75, 3.05) is 0 Å². The molecule has 8 aromatic rings. The van der Waals surface area contributed by atoms with Crippen LogP contribution in [0.1, 0.15) is 141 Å². The first-order valence-corrected chi connectivity index (χ1v) is 25.1. The standard InChI is InChI=1S/C60H62N2O2/c1-57(2,3)39-13-15-50-44(23-39)55(63)46-25-41(26-47-52(46)62(50)51-16-14-40(58(4,5)6)24-45(51)56(47)64)61-53-42(9-7-11-48(53)59-27-33-17-34(28-59)19-35(18-33)29-59)43-10-8-12-49(54(43)61)60-30-36-20-37(31-60)22-38(21-36)32-60/h7-16,23-26,33-38H,17-22,27-32H2,1-6H3. The Balaban J connectivity index is 1.15. The highest BCUT2D eigenvalue weighted by Crippen LogP contribution is 2.64. The zero-order chi connectivity index (χ0) is 43.4. The number of para-hydroxylation sites is 2.